The minimum absolute atomic E-state index is 0.0360. The van der Waals surface area contributed by atoms with Crippen molar-refractivity contribution >= 4 is 22.8 Å². The lowest BCUT2D eigenvalue weighted by atomic mass is 10.1. The molecular weight excluding hydrogens is 373 g/mol. The highest BCUT2D eigenvalue weighted by Gasteiger charge is 2.32. The van der Waals surface area contributed by atoms with Crippen LogP contribution in [0.25, 0.3) is 10.9 Å². The second-order valence-electron chi connectivity index (χ2n) is 5.90. The molecule has 5 nitrogen and oxygen atoms in total. The third-order valence-corrected chi connectivity index (χ3v) is 3.94. The molecule has 0 radical (unpaired) electrons. The van der Waals surface area contributed by atoms with Crippen molar-refractivity contribution in [1.29, 1.82) is 0 Å². The molecule has 0 saturated carbocycles. The summed E-state index contributed by atoms with van der Waals surface area (Å²) >= 11 is 0. The van der Waals surface area contributed by atoms with Gasteiger partial charge in [-0.1, -0.05) is 42.5 Å². The lowest BCUT2D eigenvalue weighted by molar-refractivity contribution is -0.138. The summed E-state index contributed by atoms with van der Waals surface area (Å²) in [6, 6.07) is 15.3. The number of amides is 1. The van der Waals surface area contributed by atoms with Crippen LogP contribution in [0, 0.1) is 0 Å². The van der Waals surface area contributed by atoms with Crippen molar-refractivity contribution in [3.63, 3.8) is 0 Å². The van der Waals surface area contributed by atoms with Gasteiger partial charge in [0.05, 0.1) is 11.1 Å². The topological polar surface area (TPSA) is 68.3 Å². The number of aromatic nitrogens is 1. The van der Waals surface area contributed by atoms with E-state index >= 15 is 0 Å². The molecule has 0 aliphatic rings. The summed E-state index contributed by atoms with van der Waals surface area (Å²) in [6.45, 7) is -0.957. The average molecular weight is 388 g/mol. The molecule has 8 heteroatoms. The van der Waals surface area contributed by atoms with Crippen LogP contribution in [0.15, 0.2) is 60.7 Å². The first kappa shape index (κ1) is 19.3. The van der Waals surface area contributed by atoms with Gasteiger partial charge in [-0.3, -0.25) is 4.79 Å². The molecule has 0 saturated heterocycles. The maximum Gasteiger partial charge on any atom is 0.416 e. The molecular formula is C20H15F3N2O3. The molecule has 1 aromatic heterocycles. The van der Waals surface area contributed by atoms with Crippen LogP contribution in [0.1, 0.15) is 21.6 Å². The highest BCUT2D eigenvalue weighted by molar-refractivity contribution is 5.92. The number of carbonyl (C=O) groups excluding carboxylic acids is 2. The number of nitrogens with one attached hydrogen (secondary N) is 1. The number of hydrogen-bond acceptors (Lipinski definition) is 4. The van der Waals surface area contributed by atoms with Crippen molar-refractivity contribution in [1.82, 2.24) is 10.3 Å². The van der Waals surface area contributed by atoms with Gasteiger partial charge in [0, 0.05) is 11.9 Å². The van der Waals surface area contributed by atoms with Gasteiger partial charge in [-0.25, -0.2) is 9.78 Å². The smallest absolute Gasteiger partial charge is 0.416 e. The highest BCUT2D eigenvalue weighted by atomic mass is 19.4. The van der Waals surface area contributed by atoms with Crippen molar-refractivity contribution in [2.45, 2.75) is 12.7 Å². The van der Waals surface area contributed by atoms with Gasteiger partial charge >= 0.3 is 12.1 Å². The van der Waals surface area contributed by atoms with E-state index in [4.69, 9.17) is 4.74 Å². The lowest BCUT2D eigenvalue weighted by Gasteiger charge is -2.13. The van der Waals surface area contributed by atoms with Gasteiger partial charge in [-0.15, -0.1) is 0 Å². The Balaban J connectivity index is 1.56. The average Bonchev–Trinajstić information content (AvgIpc) is 2.69. The van der Waals surface area contributed by atoms with E-state index in [2.05, 4.69) is 10.3 Å². The molecule has 144 valence electrons. The predicted molar refractivity (Wildman–Crippen MR) is 95.3 cm³/mol. The zero-order valence-corrected chi connectivity index (χ0v) is 14.5. The number of carbonyl (C=O) groups is 2. The Morgan fingerprint density at radius 1 is 0.964 bits per heavy atom. The summed E-state index contributed by atoms with van der Waals surface area (Å²) in [6.07, 6.45) is -4.52. The van der Waals surface area contributed by atoms with Crippen LogP contribution in [0.4, 0.5) is 13.2 Å². The number of benzene rings is 2. The van der Waals surface area contributed by atoms with Crippen molar-refractivity contribution < 1.29 is 27.5 Å². The highest BCUT2D eigenvalue weighted by Crippen LogP contribution is 2.31. The Hall–Kier alpha value is -3.42. The van der Waals surface area contributed by atoms with E-state index in [0.29, 0.717) is 5.52 Å². The zero-order chi connectivity index (χ0) is 20.1. The van der Waals surface area contributed by atoms with E-state index in [1.165, 1.54) is 24.3 Å². The first-order valence-corrected chi connectivity index (χ1v) is 8.29. The molecule has 0 spiro atoms. The van der Waals surface area contributed by atoms with Crippen LogP contribution in [0.3, 0.4) is 0 Å². The summed E-state index contributed by atoms with van der Waals surface area (Å²) in [5.41, 5.74) is -0.266. The van der Waals surface area contributed by atoms with Crippen molar-refractivity contribution in [3.8, 4) is 0 Å². The van der Waals surface area contributed by atoms with E-state index in [1.54, 1.807) is 18.2 Å². The summed E-state index contributed by atoms with van der Waals surface area (Å²) < 4.78 is 43.7. The predicted octanol–water partition coefficient (Wildman–Crippen LogP) is 3.73. The van der Waals surface area contributed by atoms with E-state index in [0.717, 1.165) is 11.5 Å². The Morgan fingerprint density at radius 3 is 2.46 bits per heavy atom. The monoisotopic (exact) mass is 388 g/mol. The third-order valence-electron chi connectivity index (χ3n) is 3.94. The molecule has 3 aromatic rings. The van der Waals surface area contributed by atoms with Crippen LogP contribution in [0.5, 0.6) is 0 Å². The number of hydrogen-bond donors (Lipinski definition) is 1. The maximum atomic E-state index is 12.9. The SMILES string of the molecule is O=C(COC(=O)c1ccc2ccccc2n1)NCc1ccccc1C(F)(F)F. The van der Waals surface area contributed by atoms with Gasteiger partial charge in [0.25, 0.3) is 5.91 Å². The minimum atomic E-state index is -4.52. The molecule has 0 atom stereocenters. The van der Waals surface area contributed by atoms with Crippen LogP contribution < -0.4 is 5.32 Å². The molecule has 1 heterocycles. The fourth-order valence-corrected chi connectivity index (χ4v) is 2.58. The fraction of sp³-hybridized carbons (Fsp3) is 0.150. The summed E-state index contributed by atoms with van der Waals surface area (Å²) in [7, 11) is 0. The summed E-state index contributed by atoms with van der Waals surface area (Å²) in [5, 5.41) is 3.16. The third kappa shape index (κ3) is 4.64. The van der Waals surface area contributed by atoms with E-state index < -0.39 is 30.2 Å². The number of ether oxygens (including phenoxy) is 1. The summed E-state index contributed by atoms with van der Waals surface area (Å²) in [4.78, 5) is 28.0. The molecule has 1 amide bonds. The normalized spacial score (nSPS) is 11.2. The van der Waals surface area contributed by atoms with Crippen LogP contribution in [-0.4, -0.2) is 23.5 Å². The van der Waals surface area contributed by atoms with Crippen molar-refractivity contribution in [2.75, 3.05) is 6.61 Å². The molecule has 2 aromatic carbocycles. The number of nitrogens with zero attached hydrogens (tertiary/aromatic N) is 1. The summed E-state index contributed by atoms with van der Waals surface area (Å²) in [5.74, 6) is -1.51. The van der Waals surface area contributed by atoms with Crippen LogP contribution in [-0.2, 0) is 22.3 Å². The number of esters is 1. The van der Waals surface area contributed by atoms with E-state index in [9.17, 15) is 22.8 Å². The van der Waals surface area contributed by atoms with Gasteiger partial charge < -0.3 is 10.1 Å². The zero-order valence-electron chi connectivity index (χ0n) is 14.5. The Bertz CT molecular complexity index is 1020. The van der Waals surface area contributed by atoms with Gasteiger partial charge in [0.2, 0.25) is 0 Å². The Kier molecular flexibility index (Phi) is 5.58. The van der Waals surface area contributed by atoms with Crippen molar-refractivity contribution in [2.24, 2.45) is 0 Å². The molecule has 0 bridgehead atoms. The number of halogens is 3. The largest absolute Gasteiger partial charge is 0.451 e. The van der Waals surface area contributed by atoms with Gasteiger partial charge in [-0.05, 0) is 23.8 Å². The molecule has 0 aliphatic carbocycles. The molecule has 28 heavy (non-hydrogen) atoms. The van der Waals surface area contributed by atoms with Crippen LogP contribution in [0.2, 0.25) is 0 Å². The first-order valence-electron chi connectivity index (χ1n) is 8.29. The van der Waals surface area contributed by atoms with Gasteiger partial charge in [-0.2, -0.15) is 13.2 Å². The Morgan fingerprint density at radius 2 is 1.68 bits per heavy atom. The van der Waals surface area contributed by atoms with Crippen LogP contribution >= 0.6 is 0 Å². The van der Waals surface area contributed by atoms with Gasteiger partial charge in [0.1, 0.15) is 5.69 Å². The number of pyridine rings is 1. The number of rotatable bonds is 5. The second-order valence-corrected chi connectivity index (χ2v) is 5.90. The van der Waals surface area contributed by atoms with E-state index in [-0.39, 0.29) is 17.8 Å². The quantitative estimate of drug-likeness (QED) is 0.677. The maximum absolute atomic E-state index is 12.9. The second kappa shape index (κ2) is 8.08. The minimum Gasteiger partial charge on any atom is -0.451 e. The van der Waals surface area contributed by atoms with Crippen molar-refractivity contribution in [3.05, 3.63) is 77.5 Å². The lowest BCUT2D eigenvalue weighted by Crippen LogP contribution is -2.29. The molecule has 1 N–H and O–H groups in total. The Labute approximate surface area is 158 Å². The number of para-hydroxylation sites is 1. The number of alkyl halides is 3. The number of fused-ring (bicyclic) bond motifs is 1. The molecule has 0 fully saturated rings. The molecule has 0 unspecified atom stereocenters. The fourth-order valence-electron chi connectivity index (χ4n) is 2.58. The molecule has 3 rings (SSSR count). The van der Waals surface area contributed by atoms with E-state index in [1.807, 2.05) is 12.1 Å². The standard InChI is InChI=1S/C20H15F3N2O3/c21-20(22,23)15-7-3-1-6-14(15)11-24-18(26)12-28-19(27)17-10-9-13-5-2-4-8-16(13)25-17/h1-10H,11-12H2,(H,24,26). The molecule has 0 aliphatic heterocycles. The van der Waals surface area contributed by atoms with Gasteiger partial charge in [0.15, 0.2) is 6.61 Å². The first-order chi connectivity index (χ1) is 13.3.